The largest absolute Gasteiger partial charge is 0.394 e. The molecule has 0 aromatic rings. The Kier molecular flexibility index (Phi) is 6.75. The first kappa shape index (κ1) is 20.4. The number of piperidine rings is 1. The van der Waals surface area contributed by atoms with E-state index in [1.165, 1.54) is 0 Å². The van der Waals surface area contributed by atoms with Gasteiger partial charge in [0.1, 0.15) is 29.8 Å². The van der Waals surface area contributed by atoms with E-state index >= 15 is 0 Å². The SMILES string of the molecule is N=C(/C(N)=C(\NO)C(=O)N(N)C1OC(CO)C(O)C1O)N1CCCCC1. The van der Waals surface area contributed by atoms with Crippen LogP contribution in [0.3, 0.4) is 0 Å². The molecule has 0 aliphatic carbocycles. The Labute approximate surface area is 150 Å². The number of nitrogens with one attached hydrogen (secondary N) is 2. The van der Waals surface area contributed by atoms with E-state index in [0.717, 1.165) is 19.3 Å². The van der Waals surface area contributed by atoms with Crippen LogP contribution in [0.2, 0.25) is 0 Å². The molecule has 2 heterocycles. The van der Waals surface area contributed by atoms with E-state index in [1.807, 2.05) is 0 Å². The normalized spacial score (nSPS) is 30.0. The number of carbonyl (C=O) groups excluding carboxylic acids is 1. The van der Waals surface area contributed by atoms with Crippen LogP contribution in [0.1, 0.15) is 19.3 Å². The fraction of sp³-hybridized carbons (Fsp3) is 0.714. The van der Waals surface area contributed by atoms with E-state index in [1.54, 1.807) is 10.4 Å². The monoisotopic (exact) mass is 374 g/mol. The number of hydrogen-bond donors (Lipinski definition) is 8. The standard InChI is InChI=1S/C14H26N6O6/c15-8(12(16)19-4-2-1-3-5-19)9(18-25)13(24)20(17)14-11(23)10(22)7(6-21)26-14/h7,10-11,14,16,18,21-23,25H,1-6,15,17H2/b9-8+,16-12?. The second kappa shape index (κ2) is 8.62. The third-order valence-corrected chi connectivity index (χ3v) is 4.55. The van der Waals surface area contributed by atoms with Crippen LogP contribution < -0.4 is 17.1 Å². The minimum Gasteiger partial charge on any atom is -0.394 e. The van der Waals surface area contributed by atoms with Crippen molar-refractivity contribution in [3.8, 4) is 0 Å². The fourth-order valence-electron chi connectivity index (χ4n) is 2.98. The second-order valence-electron chi connectivity index (χ2n) is 6.24. The molecule has 0 saturated carbocycles. The van der Waals surface area contributed by atoms with E-state index in [4.69, 9.17) is 26.8 Å². The first-order valence-electron chi connectivity index (χ1n) is 8.27. The number of nitrogens with two attached hydrogens (primary N) is 2. The maximum Gasteiger partial charge on any atom is 0.290 e. The Morgan fingerprint density at radius 3 is 2.38 bits per heavy atom. The summed E-state index contributed by atoms with van der Waals surface area (Å²) in [5, 5.41) is 46.7. The predicted molar refractivity (Wildman–Crippen MR) is 88.1 cm³/mol. The number of ether oxygens (including phenoxy) is 1. The quantitative estimate of drug-likeness (QED) is 0.0602. The maximum absolute atomic E-state index is 12.5. The first-order valence-corrected chi connectivity index (χ1v) is 8.27. The average molecular weight is 374 g/mol. The van der Waals surface area contributed by atoms with Crippen molar-refractivity contribution < 1.29 is 30.1 Å². The minimum absolute atomic E-state index is 0.135. The molecule has 12 nitrogen and oxygen atoms in total. The molecular formula is C14H26N6O6. The summed E-state index contributed by atoms with van der Waals surface area (Å²) < 4.78 is 5.16. The zero-order chi connectivity index (χ0) is 19.4. The van der Waals surface area contributed by atoms with Crippen molar-refractivity contribution in [2.75, 3.05) is 19.7 Å². The molecule has 26 heavy (non-hydrogen) atoms. The fourth-order valence-corrected chi connectivity index (χ4v) is 2.98. The third kappa shape index (κ3) is 3.90. The molecule has 1 amide bonds. The van der Waals surface area contributed by atoms with Crippen molar-refractivity contribution >= 4 is 11.7 Å². The van der Waals surface area contributed by atoms with Gasteiger partial charge in [-0.15, -0.1) is 0 Å². The lowest BCUT2D eigenvalue weighted by Crippen LogP contribution is -2.53. The summed E-state index contributed by atoms with van der Waals surface area (Å²) in [6.45, 7) is 0.626. The van der Waals surface area contributed by atoms with Crippen molar-refractivity contribution in [1.82, 2.24) is 15.4 Å². The topological polar surface area (TPSA) is 202 Å². The highest BCUT2D eigenvalue weighted by atomic mass is 16.6. The average Bonchev–Trinajstić information content (AvgIpc) is 2.96. The number of nitrogens with zero attached hydrogens (tertiary/aromatic N) is 2. The van der Waals surface area contributed by atoms with Gasteiger partial charge < -0.3 is 30.7 Å². The van der Waals surface area contributed by atoms with E-state index in [0.29, 0.717) is 18.1 Å². The van der Waals surface area contributed by atoms with Gasteiger partial charge >= 0.3 is 0 Å². The highest BCUT2D eigenvalue weighted by Crippen LogP contribution is 2.23. The summed E-state index contributed by atoms with van der Waals surface area (Å²) in [6.07, 6.45) is -2.78. The first-order chi connectivity index (χ1) is 12.3. The van der Waals surface area contributed by atoms with Gasteiger partial charge in [-0.2, -0.15) is 0 Å². The number of hydrogen-bond acceptors (Lipinski definition) is 10. The maximum atomic E-state index is 12.5. The number of aliphatic hydroxyl groups excluding tert-OH is 3. The number of hydrazine groups is 1. The van der Waals surface area contributed by atoms with Crippen LogP contribution in [-0.4, -0.2) is 86.4 Å². The molecule has 0 aromatic carbocycles. The van der Waals surface area contributed by atoms with Crippen molar-refractivity contribution in [3.63, 3.8) is 0 Å². The van der Waals surface area contributed by atoms with Crippen molar-refractivity contribution in [2.24, 2.45) is 11.6 Å². The van der Waals surface area contributed by atoms with Gasteiger partial charge in [0, 0.05) is 13.1 Å². The summed E-state index contributed by atoms with van der Waals surface area (Å²) in [4.78, 5) is 14.2. The molecule has 2 saturated heterocycles. The van der Waals surface area contributed by atoms with Gasteiger partial charge in [-0.1, -0.05) is 0 Å². The van der Waals surface area contributed by atoms with Gasteiger partial charge in [-0.3, -0.25) is 20.9 Å². The Hall–Kier alpha value is -1.96. The number of amidine groups is 1. The van der Waals surface area contributed by atoms with Gasteiger partial charge in [0.2, 0.25) is 0 Å². The molecule has 2 fully saturated rings. The molecule has 12 heteroatoms. The highest BCUT2D eigenvalue weighted by Gasteiger charge is 2.46. The molecule has 2 aliphatic rings. The lowest BCUT2D eigenvalue weighted by atomic mass is 10.1. The van der Waals surface area contributed by atoms with E-state index in [-0.39, 0.29) is 11.5 Å². The molecule has 0 spiro atoms. The smallest absolute Gasteiger partial charge is 0.290 e. The number of likely N-dealkylation sites (tertiary alicyclic amines) is 1. The summed E-state index contributed by atoms with van der Waals surface area (Å²) in [5.41, 5.74) is 6.62. The Morgan fingerprint density at radius 1 is 1.27 bits per heavy atom. The number of carbonyl (C=O) groups is 1. The summed E-state index contributed by atoms with van der Waals surface area (Å²) in [6, 6.07) is 0. The predicted octanol–water partition coefficient (Wildman–Crippen LogP) is -3.26. The van der Waals surface area contributed by atoms with Crippen LogP contribution in [-0.2, 0) is 9.53 Å². The van der Waals surface area contributed by atoms with Crippen LogP contribution in [0.5, 0.6) is 0 Å². The number of rotatable bonds is 5. The van der Waals surface area contributed by atoms with Gasteiger partial charge in [0.25, 0.3) is 5.91 Å². The molecule has 2 rings (SSSR count). The highest BCUT2D eigenvalue weighted by molar-refractivity contribution is 6.04. The van der Waals surface area contributed by atoms with Crippen LogP contribution in [0.4, 0.5) is 0 Å². The molecule has 2 aliphatic heterocycles. The molecule has 148 valence electrons. The van der Waals surface area contributed by atoms with Gasteiger partial charge in [-0.25, -0.2) is 10.9 Å². The van der Waals surface area contributed by atoms with Crippen molar-refractivity contribution in [1.29, 1.82) is 5.41 Å². The van der Waals surface area contributed by atoms with Crippen molar-refractivity contribution in [2.45, 2.75) is 43.8 Å². The summed E-state index contributed by atoms with van der Waals surface area (Å²) in [7, 11) is 0. The number of aliphatic hydroxyl groups is 3. The Morgan fingerprint density at radius 2 is 1.88 bits per heavy atom. The molecule has 0 aromatic heterocycles. The molecule has 0 bridgehead atoms. The number of hydroxylamine groups is 1. The molecule has 4 atom stereocenters. The molecule has 4 unspecified atom stereocenters. The number of amides is 1. The summed E-state index contributed by atoms with van der Waals surface area (Å²) >= 11 is 0. The second-order valence-corrected chi connectivity index (χ2v) is 6.24. The van der Waals surface area contributed by atoms with Crippen LogP contribution in [0.25, 0.3) is 0 Å². The minimum atomic E-state index is -1.57. The third-order valence-electron chi connectivity index (χ3n) is 4.55. The van der Waals surface area contributed by atoms with Gasteiger partial charge in [0.15, 0.2) is 11.9 Å². The molecule has 0 radical (unpaired) electrons. The zero-order valence-electron chi connectivity index (χ0n) is 14.2. The lowest BCUT2D eigenvalue weighted by molar-refractivity contribution is -0.151. The van der Waals surface area contributed by atoms with Gasteiger partial charge in [-0.05, 0) is 19.3 Å². The molecular weight excluding hydrogens is 348 g/mol. The van der Waals surface area contributed by atoms with E-state index in [9.17, 15) is 20.2 Å². The van der Waals surface area contributed by atoms with E-state index < -0.39 is 42.8 Å². The lowest BCUT2D eigenvalue weighted by Gasteiger charge is -2.30. The van der Waals surface area contributed by atoms with Gasteiger partial charge in [0.05, 0.1) is 6.61 Å². The van der Waals surface area contributed by atoms with Crippen molar-refractivity contribution in [3.05, 3.63) is 11.4 Å². The Bertz CT molecular complexity index is 566. The zero-order valence-corrected chi connectivity index (χ0v) is 14.2. The Balaban J connectivity index is 2.17. The van der Waals surface area contributed by atoms with E-state index in [2.05, 4.69) is 0 Å². The van der Waals surface area contributed by atoms with Crippen LogP contribution >= 0.6 is 0 Å². The molecule has 10 N–H and O–H groups in total. The van der Waals surface area contributed by atoms with Crippen LogP contribution in [0.15, 0.2) is 11.4 Å². The summed E-state index contributed by atoms with van der Waals surface area (Å²) in [5.74, 6) is 4.48. The van der Waals surface area contributed by atoms with Crippen LogP contribution in [0, 0.1) is 5.41 Å².